The highest BCUT2D eigenvalue weighted by molar-refractivity contribution is 7.09. The second-order valence-electron chi connectivity index (χ2n) is 3.39. The van der Waals surface area contributed by atoms with Crippen molar-refractivity contribution in [1.82, 2.24) is 4.57 Å². The number of fused-ring (bicyclic) bond motifs is 1. The van der Waals surface area contributed by atoms with Crippen LogP contribution in [0.4, 0.5) is 0 Å². The van der Waals surface area contributed by atoms with Crippen LogP contribution in [0.1, 0.15) is 23.4 Å². The molecule has 2 rings (SSSR count). The molecule has 1 aromatic heterocycles. The zero-order chi connectivity index (χ0) is 9.26. The van der Waals surface area contributed by atoms with Crippen LogP contribution in [0.5, 0.6) is 0 Å². The Morgan fingerprint density at radius 1 is 1.46 bits per heavy atom. The molecule has 3 nitrogen and oxygen atoms in total. The fourth-order valence-corrected chi connectivity index (χ4v) is 2.94. The van der Waals surface area contributed by atoms with Crippen LogP contribution in [0.3, 0.4) is 0 Å². The van der Waals surface area contributed by atoms with Crippen molar-refractivity contribution in [2.24, 2.45) is 5.73 Å². The van der Waals surface area contributed by atoms with Gasteiger partial charge in [-0.3, -0.25) is 4.79 Å². The molecule has 1 aromatic rings. The number of hydrogen-bond acceptors (Lipinski definition) is 3. The van der Waals surface area contributed by atoms with Gasteiger partial charge in [0, 0.05) is 17.1 Å². The fourth-order valence-electron chi connectivity index (χ4n) is 1.84. The summed E-state index contributed by atoms with van der Waals surface area (Å²) in [4.78, 5) is 13.0. The third-order valence-corrected chi connectivity index (χ3v) is 3.56. The van der Waals surface area contributed by atoms with E-state index >= 15 is 0 Å². The summed E-state index contributed by atoms with van der Waals surface area (Å²) in [5.41, 5.74) is 6.71. The molecule has 0 saturated carbocycles. The van der Waals surface area contributed by atoms with E-state index in [4.69, 9.17) is 5.73 Å². The van der Waals surface area contributed by atoms with E-state index in [1.165, 1.54) is 28.3 Å². The Balaban J connectivity index is 2.28. The molecular weight excluding hydrogens is 184 g/mol. The minimum atomic E-state index is 0.207. The van der Waals surface area contributed by atoms with Gasteiger partial charge in [-0.15, -0.1) is 0 Å². The summed E-state index contributed by atoms with van der Waals surface area (Å²) in [5.74, 6) is 0. The van der Waals surface area contributed by atoms with Gasteiger partial charge in [0.15, 0.2) is 0 Å². The molecule has 2 N–H and O–H groups in total. The number of nitrogens with zero attached hydrogens (tertiary/aromatic N) is 1. The van der Waals surface area contributed by atoms with Crippen molar-refractivity contribution in [2.45, 2.75) is 32.2 Å². The number of nitrogens with two attached hydrogens (primary N) is 1. The summed E-state index contributed by atoms with van der Waals surface area (Å²) in [5, 5.41) is 0. The molecule has 0 fully saturated rings. The highest BCUT2D eigenvalue weighted by Crippen LogP contribution is 2.23. The van der Waals surface area contributed by atoms with Crippen LogP contribution in [-0.4, -0.2) is 11.1 Å². The maximum atomic E-state index is 11.5. The first-order valence-corrected chi connectivity index (χ1v) is 5.56. The highest BCUT2D eigenvalue weighted by atomic mass is 32.1. The molecule has 1 heterocycles. The fraction of sp³-hybridized carbons (Fsp3) is 0.667. The standard InChI is InChI=1S/C9H14N2OS/c10-5-2-6-11-7-3-1-4-8(7)13-9(11)12/h1-6,10H2. The van der Waals surface area contributed by atoms with Crippen LogP contribution >= 0.6 is 11.3 Å². The molecule has 0 aliphatic heterocycles. The van der Waals surface area contributed by atoms with Gasteiger partial charge < -0.3 is 10.3 Å². The summed E-state index contributed by atoms with van der Waals surface area (Å²) in [6.07, 6.45) is 4.30. The van der Waals surface area contributed by atoms with Gasteiger partial charge in [-0.2, -0.15) is 0 Å². The second-order valence-corrected chi connectivity index (χ2v) is 4.43. The van der Waals surface area contributed by atoms with Crippen LogP contribution in [0.25, 0.3) is 0 Å². The van der Waals surface area contributed by atoms with Gasteiger partial charge in [-0.1, -0.05) is 11.3 Å². The first-order valence-electron chi connectivity index (χ1n) is 4.74. The Kier molecular flexibility index (Phi) is 2.51. The van der Waals surface area contributed by atoms with Crippen molar-refractivity contribution in [3.8, 4) is 0 Å². The first kappa shape index (κ1) is 8.97. The Hall–Kier alpha value is -0.610. The molecule has 1 aliphatic rings. The van der Waals surface area contributed by atoms with Crippen molar-refractivity contribution in [1.29, 1.82) is 0 Å². The highest BCUT2D eigenvalue weighted by Gasteiger charge is 2.18. The molecule has 0 saturated heterocycles. The molecule has 0 aromatic carbocycles. The van der Waals surface area contributed by atoms with E-state index in [-0.39, 0.29) is 4.87 Å². The molecule has 0 unspecified atom stereocenters. The molecule has 0 atom stereocenters. The Morgan fingerprint density at radius 2 is 2.31 bits per heavy atom. The SMILES string of the molecule is NCCCn1c2c(sc1=O)CCC2. The predicted molar refractivity (Wildman–Crippen MR) is 54.3 cm³/mol. The van der Waals surface area contributed by atoms with Crippen LogP contribution in [0.2, 0.25) is 0 Å². The van der Waals surface area contributed by atoms with E-state index in [1.54, 1.807) is 0 Å². The van der Waals surface area contributed by atoms with E-state index in [0.29, 0.717) is 6.54 Å². The zero-order valence-corrected chi connectivity index (χ0v) is 8.40. The molecule has 0 amide bonds. The van der Waals surface area contributed by atoms with Gasteiger partial charge in [-0.05, 0) is 32.2 Å². The van der Waals surface area contributed by atoms with Gasteiger partial charge in [-0.25, -0.2) is 0 Å². The largest absolute Gasteiger partial charge is 0.330 e. The van der Waals surface area contributed by atoms with E-state index in [2.05, 4.69) is 0 Å². The summed E-state index contributed by atoms with van der Waals surface area (Å²) < 4.78 is 1.92. The van der Waals surface area contributed by atoms with Gasteiger partial charge >= 0.3 is 4.87 Å². The Labute approximate surface area is 81.2 Å². The van der Waals surface area contributed by atoms with Gasteiger partial charge in [0.1, 0.15) is 0 Å². The summed E-state index contributed by atoms with van der Waals surface area (Å²) in [6, 6.07) is 0. The van der Waals surface area contributed by atoms with Gasteiger partial charge in [0.05, 0.1) is 0 Å². The normalized spacial score (nSPS) is 14.8. The number of thiazole rings is 1. The molecule has 0 radical (unpaired) electrons. The smallest absolute Gasteiger partial charge is 0.307 e. The third kappa shape index (κ3) is 1.56. The molecule has 72 valence electrons. The van der Waals surface area contributed by atoms with Crippen LogP contribution in [-0.2, 0) is 19.4 Å². The monoisotopic (exact) mass is 198 g/mol. The van der Waals surface area contributed by atoms with Crippen molar-refractivity contribution in [3.63, 3.8) is 0 Å². The van der Waals surface area contributed by atoms with E-state index in [1.807, 2.05) is 4.57 Å². The lowest BCUT2D eigenvalue weighted by Crippen LogP contribution is -2.17. The average molecular weight is 198 g/mol. The Morgan fingerprint density at radius 3 is 3.08 bits per heavy atom. The number of hydrogen-bond donors (Lipinski definition) is 1. The predicted octanol–water partition coefficient (Wildman–Crippen LogP) is 0.747. The summed E-state index contributed by atoms with van der Waals surface area (Å²) in [7, 11) is 0. The molecule has 0 spiro atoms. The second kappa shape index (κ2) is 3.64. The lowest BCUT2D eigenvalue weighted by Gasteiger charge is -2.03. The third-order valence-electron chi connectivity index (χ3n) is 2.48. The topological polar surface area (TPSA) is 48.0 Å². The summed E-state index contributed by atoms with van der Waals surface area (Å²) >= 11 is 1.42. The van der Waals surface area contributed by atoms with E-state index < -0.39 is 0 Å². The molecular formula is C9H14N2OS. The lowest BCUT2D eigenvalue weighted by atomic mass is 10.3. The van der Waals surface area contributed by atoms with Crippen molar-refractivity contribution < 1.29 is 0 Å². The number of rotatable bonds is 3. The quantitative estimate of drug-likeness (QED) is 0.779. The Bertz CT molecular complexity index is 353. The van der Waals surface area contributed by atoms with Crippen LogP contribution < -0.4 is 10.6 Å². The molecule has 4 heteroatoms. The number of aryl methyl sites for hydroxylation is 1. The maximum absolute atomic E-state index is 11.5. The zero-order valence-electron chi connectivity index (χ0n) is 7.58. The van der Waals surface area contributed by atoms with Crippen molar-refractivity contribution in [3.05, 3.63) is 20.2 Å². The van der Waals surface area contributed by atoms with Crippen LogP contribution in [0.15, 0.2) is 4.79 Å². The van der Waals surface area contributed by atoms with Crippen LogP contribution in [0, 0.1) is 0 Å². The first-order chi connectivity index (χ1) is 6.33. The van der Waals surface area contributed by atoms with Gasteiger partial charge in [0.2, 0.25) is 0 Å². The minimum Gasteiger partial charge on any atom is -0.330 e. The lowest BCUT2D eigenvalue weighted by molar-refractivity contribution is 0.616. The minimum absolute atomic E-state index is 0.207. The van der Waals surface area contributed by atoms with E-state index in [9.17, 15) is 4.79 Å². The van der Waals surface area contributed by atoms with E-state index in [0.717, 1.165) is 25.8 Å². The average Bonchev–Trinajstić information content (AvgIpc) is 2.62. The molecule has 13 heavy (non-hydrogen) atoms. The molecule has 0 bridgehead atoms. The van der Waals surface area contributed by atoms with Crippen molar-refractivity contribution >= 4 is 11.3 Å². The maximum Gasteiger partial charge on any atom is 0.307 e. The summed E-state index contributed by atoms with van der Waals surface area (Å²) in [6.45, 7) is 1.47. The molecule has 1 aliphatic carbocycles. The van der Waals surface area contributed by atoms with Gasteiger partial charge in [0.25, 0.3) is 0 Å². The van der Waals surface area contributed by atoms with Crippen molar-refractivity contribution in [2.75, 3.05) is 6.54 Å². The number of aromatic nitrogens is 1.